The topological polar surface area (TPSA) is 3.24 Å². The van der Waals surface area contributed by atoms with Gasteiger partial charge in [-0.3, -0.25) is 0 Å². The number of benzene rings is 1. The van der Waals surface area contributed by atoms with Crippen molar-refractivity contribution in [2.75, 3.05) is 24.0 Å². The number of hydrogen-bond donors (Lipinski definition) is 0. The molecule has 0 aliphatic rings. The average Bonchev–Trinajstić information content (AvgIpc) is 2.21. The summed E-state index contributed by atoms with van der Waals surface area (Å²) in [5.41, 5.74) is 1.34. The van der Waals surface area contributed by atoms with Crippen molar-refractivity contribution in [3.8, 4) is 0 Å². The van der Waals surface area contributed by atoms with Crippen LogP contribution in [0.25, 0.3) is 0 Å². The van der Waals surface area contributed by atoms with Crippen molar-refractivity contribution in [2.45, 2.75) is 13.8 Å². The van der Waals surface area contributed by atoms with Gasteiger partial charge in [0.2, 0.25) is 0 Å². The second-order valence-corrected chi connectivity index (χ2v) is 5.88. The van der Waals surface area contributed by atoms with Crippen LogP contribution < -0.4 is 4.67 Å². The molecule has 0 aromatic heterocycles. The molecule has 0 radical (unpaired) electrons. The van der Waals surface area contributed by atoms with Crippen molar-refractivity contribution >= 4 is 13.8 Å². The molecule has 1 rings (SSSR count). The molecule has 1 aromatic rings. The highest BCUT2D eigenvalue weighted by Crippen LogP contribution is 2.40. The third-order valence-electron chi connectivity index (χ3n) is 2.28. The Morgan fingerprint density at radius 1 is 1.08 bits per heavy atom. The average molecular weight is 195 g/mol. The fourth-order valence-corrected chi connectivity index (χ4v) is 3.21. The minimum absolute atomic E-state index is 0.0396. The first kappa shape index (κ1) is 10.5. The molecule has 0 spiro atoms. The first-order valence-corrected chi connectivity index (χ1v) is 6.49. The van der Waals surface area contributed by atoms with E-state index in [1.807, 2.05) is 0 Å². The molecule has 0 amide bonds. The van der Waals surface area contributed by atoms with Gasteiger partial charge in [0.15, 0.2) is 0 Å². The minimum atomic E-state index is 0.0396. The summed E-state index contributed by atoms with van der Waals surface area (Å²) in [6, 6.07) is 10.6. The van der Waals surface area contributed by atoms with Gasteiger partial charge in [-0.05, 0) is 32.5 Å². The van der Waals surface area contributed by atoms with Gasteiger partial charge in [-0.15, -0.1) is 0 Å². The lowest BCUT2D eigenvalue weighted by Gasteiger charge is -2.28. The van der Waals surface area contributed by atoms with E-state index in [1.54, 1.807) is 0 Å². The molecule has 0 atom stereocenters. The highest BCUT2D eigenvalue weighted by Gasteiger charge is 2.09. The lowest BCUT2D eigenvalue weighted by molar-refractivity contribution is 1.27. The van der Waals surface area contributed by atoms with Crippen LogP contribution in [0, 0.1) is 0 Å². The molecule has 1 nitrogen and oxygen atoms in total. The molecular weight excluding hydrogens is 177 g/mol. The monoisotopic (exact) mass is 195 g/mol. The molecule has 0 aliphatic carbocycles. The summed E-state index contributed by atoms with van der Waals surface area (Å²) in [5.74, 6) is 0. The van der Waals surface area contributed by atoms with Gasteiger partial charge in [0.05, 0.1) is 0 Å². The van der Waals surface area contributed by atoms with Gasteiger partial charge < -0.3 is 4.67 Å². The highest BCUT2D eigenvalue weighted by atomic mass is 31.1. The van der Waals surface area contributed by atoms with E-state index in [2.05, 4.69) is 55.9 Å². The fraction of sp³-hybridized carbons (Fsp3) is 0.455. The maximum Gasteiger partial charge on any atom is 0.0396 e. The number of para-hydroxylation sites is 1. The Bertz CT molecular complexity index is 231. The third-order valence-corrected chi connectivity index (χ3v) is 4.82. The summed E-state index contributed by atoms with van der Waals surface area (Å²) in [6.45, 7) is 4.54. The zero-order valence-electron chi connectivity index (χ0n) is 8.70. The summed E-state index contributed by atoms with van der Waals surface area (Å²) in [7, 11) is 2.24. The molecule has 0 aliphatic heterocycles. The van der Waals surface area contributed by atoms with Crippen molar-refractivity contribution in [2.24, 2.45) is 0 Å². The Labute approximate surface area is 82.6 Å². The summed E-state index contributed by atoms with van der Waals surface area (Å²) < 4.78 is 2.43. The van der Waals surface area contributed by atoms with Gasteiger partial charge in [0.1, 0.15) is 0 Å². The number of nitrogens with zero attached hydrogens (tertiary/aromatic N) is 1. The number of rotatable bonds is 4. The fourth-order valence-electron chi connectivity index (χ4n) is 1.45. The molecule has 0 bridgehead atoms. The van der Waals surface area contributed by atoms with Gasteiger partial charge in [0, 0.05) is 12.7 Å². The lowest BCUT2D eigenvalue weighted by Crippen LogP contribution is -2.12. The van der Waals surface area contributed by atoms with E-state index in [1.165, 1.54) is 18.0 Å². The Morgan fingerprint density at radius 2 is 1.62 bits per heavy atom. The largest absolute Gasteiger partial charge is 0.354 e. The van der Waals surface area contributed by atoms with Crippen LogP contribution in [0.2, 0.25) is 0 Å². The first-order chi connectivity index (χ1) is 6.29. The molecule has 13 heavy (non-hydrogen) atoms. The van der Waals surface area contributed by atoms with Crippen molar-refractivity contribution in [3.05, 3.63) is 30.3 Å². The second kappa shape index (κ2) is 5.24. The molecule has 0 N–H and O–H groups in total. The quantitative estimate of drug-likeness (QED) is 0.664. The summed E-state index contributed by atoms with van der Waals surface area (Å²) in [4.78, 5) is 0. The van der Waals surface area contributed by atoms with Crippen molar-refractivity contribution in [3.63, 3.8) is 0 Å². The normalized spacial score (nSPS) is 10.5. The van der Waals surface area contributed by atoms with E-state index in [4.69, 9.17) is 0 Å². The standard InChI is InChI=1S/C11H18NP/c1-4-13(5-2)12(3)11-9-7-6-8-10-11/h6-10H,4-5H2,1-3H3. The van der Waals surface area contributed by atoms with Crippen LogP contribution in [0.15, 0.2) is 30.3 Å². The van der Waals surface area contributed by atoms with E-state index < -0.39 is 0 Å². The van der Waals surface area contributed by atoms with Crippen LogP contribution in [0.4, 0.5) is 5.69 Å². The molecule has 2 heteroatoms. The van der Waals surface area contributed by atoms with Crippen LogP contribution in [-0.2, 0) is 0 Å². The van der Waals surface area contributed by atoms with Crippen molar-refractivity contribution < 1.29 is 0 Å². The first-order valence-electron chi connectivity index (χ1n) is 4.83. The van der Waals surface area contributed by atoms with Crippen molar-refractivity contribution in [1.82, 2.24) is 0 Å². The van der Waals surface area contributed by atoms with E-state index in [0.29, 0.717) is 0 Å². The smallest absolute Gasteiger partial charge is 0.0396 e. The maximum atomic E-state index is 2.43. The minimum Gasteiger partial charge on any atom is -0.354 e. The molecule has 72 valence electrons. The third kappa shape index (κ3) is 2.70. The molecule has 0 saturated carbocycles. The highest BCUT2D eigenvalue weighted by molar-refractivity contribution is 7.59. The molecule has 0 unspecified atom stereocenters. The van der Waals surface area contributed by atoms with E-state index in [9.17, 15) is 0 Å². The zero-order chi connectivity index (χ0) is 9.68. The molecule has 1 aromatic carbocycles. The Morgan fingerprint density at radius 3 is 2.08 bits per heavy atom. The van der Waals surface area contributed by atoms with Crippen LogP contribution >= 0.6 is 8.07 Å². The summed E-state index contributed by atoms with van der Waals surface area (Å²) in [5, 5.41) is 0. The van der Waals surface area contributed by atoms with Crippen LogP contribution in [0.5, 0.6) is 0 Å². The van der Waals surface area contributed by atoms with Crippen LogP contribution in [0.3, 0.4) is 0 Å². The van der Waals surface area contributed by atoms with E-state index in [0.717, 1.165) is 0 Å². The molecule has 0 fully saturated rings. The predicted octanol–water partition coefficient (Wildman–Crippen LogP) is 3.56. The van der Waals surface area contributed by atoms with Gasteiger partial charge in [0.25, 0.3) is 0 Å². The van der Waals surface area contributed by atoms with Gasteiger partial charge >= 0.3 is 0 Å². The molecular formula is C11H18NP. The van der Waals surface area contributed by atoms with Gasteiger partial charge in [-0.25, -0.2) is 0 Å². The van der Waals surface area contributed by atoms with E-state index >= 15 is 0 Å². The van der Waals surface area contributed by atoms with Gasteiger partial charge in [-0.1, -0.05) is 32.0 Å². The van der Waals surface area contributed by atoms with E-state index in [-0.39, 0.29) is 8.07 Å². The molecule has 0 saturated heterocycles. The Hall–Kier alpha value is -0.550. The zero-order valence-corrected chi connectivity index (χ0v) is 9.59. The number of anilines is 1. The van der Waals surface area contributed by atoms with Crippen LogP contribution in [0.1, 0.15) is 13.8 Å². The summed E-state index contributed by atoms with van der Waals surface area (Å²) in [6.07, 6.45) is 2.55. The molecule has 0 heterocycles. The number of hydrogen-bond acceptors (Lipinski definition) is 1. The SMILES string of the molecule is CCP(CC)N(C)c1ccccc1. The van der Waals surface area contributed by atoms with Gasteiger partial charge in [-0.2, -0.15) is 0 Å². The predicted molar refractivity (Wildman–Crippen MR) is 62.8 cm³/mol. The Kier molecular flexibility index (Phi) is 4.24. The lowest BCUT2D eigenvalue weighted by atomic mass is 10.3. The summed E-state index contributed by atoms with van der Waals surface area (Å²) >= 11 is 0. The second-order valence-electron chi connectivity index (χ2n) is 3.00. The Balaban J connectivity index is 2.72. The van der Waals surface area contributed by atoms with Crippen molar-refractivity contribution in [1.29, 1.82) is 0 Å². The van der Waals surface area contributed by atoms with Crippen LogP contribution in [-0.4, -0.2) is 19.4 Å². The maximum absolute atomic E-state index is 2.43.